The molecule has 0 aliphatic carbocycles. The van der Waals surface area contributed by atoms with Crippen LogP contribution in [0.3, 0.4) is 0 Å². The number of benzene rings is 1. The third-order valence-electron chi connectivity index (χ3n) is 3.77. The molecule has 2 atom stereocenters. The number of carbonyl (C=O) groups excluding carboxylic acids is 1. The van der Waals surface area contributed by atoms with Gasteiger partial charge in [-0.3, -0.25) is 4.90 Å². The van der Waals surface area contributed by atoms with Crippen molar-refractivity contribution in [3.05, 3.63) is 34.1 Å². The van der Waals surface area contributed by atoms with Crippen molar-refractivity contribution in [3.63, 3.8) is 0 Å². The molecule has 0 aromatic heterocycles. The molecular formula is C16H20BrF3N2O2. The molecule has 1 aliphatic heterocycles. The molecule has 2 N–H and O–H groups in total. The number of nitrogens with two attached hydrogens (primary N) is 1. The largest absolute Gasteiger partial charge is 0.444 e. The first kappa shape index (κ1) is 19.1. The number of ether oxygens (including phenoxy) is 1. The molecule has 1 aliphatic rings. The zero-order chi connectivity index (χ0) is 18.3. The molecule has 24 heavy (non-hydrogen) atoms. The van der Waals surface area contributed by atoms with Crippen LogP contribution in [0.5, 0.6) is 0 Å². The Bertz CT molecular complexity index is 634. The molecule has 0 saturated carbocycles. The number of hydrogen-bond donors (Lipinski definition) is 1. The predicted octanol–water partition coefficient (Wildman–Crippen LogP) is 3.71. The summed E-state index contributed by atoms with van der Waals surface area (Å²) < 4.78 is 47.6. The maximum absolute atomic E-state index is 14.2. The summed E-state index contributed by atoms with van der Waals surface area (Å²) in [6, 6.07) is 1.94. The number of carbonyl (C=O) groups is 1. The standard InChI is InChI=1S/C16H20BrF3N2O2/c1-15(2,3)24-14(23)22-8-16(19,20)13(21)11(22)7-9-5-4-6-10(17)12(9)18/h4-6,11,13H,7-8,21H2,1-3H3. The molecule has 0 radical (unpaired) electrons. The summed E-state index contributed by atoms with van der Waals surface area (Å²) in [5.74, 6) is -3.81. The van der Waals surface area contributed by atoms with Crippen molar-refractivity contribution in [1.82, 2.24) is 4.90 Å². The molecule has 0 spiro atoms. The van der Waals surface area contributed by atoms with Gasteiger partial charge in [0, 0.05) is 0 Å². The fourth-order valence-corrected chi connectivity index (χ4v) is 3.02. The molecule has 1 heterocycles. The van der Waals surface area contributed by atoms with Crippen molar-refractivity contribution in [1.29, 1.82) is 0 Å². The van der Waals surface area contributed by atoms with Crippen LogP contribution in [0.25, 0.3) is 0 Å². The molecule has 134 valence electrons. The fraction of sp³-hybridized carbons (Fsp3) is 0.562. The van der Waals surface area contributed by atoms with Crippen LogP contribution >= 0.6 is 15.9 Å². The topological polar surface area (TPSA) is 55.6 Å². The Hall–Kier alpha value is -1.28. The monoisotopic (exact) mass is 408 g/mol. The summed E-state index contributed by atoms with van der Waals surface area (Å²) in [5, 5.41) is 0. The van der Waals surface area contributed by atoms with Gasteiger partial charge in [0.15, 0.2) is 0 Å². The van der Waals surface area contributed by atoms with Gasteiger partial charge in [0.1, 0.15) is 11.4 Å². The molecule has 1 aromatic rings. The second kappa shape index (κ2) is 6.55. The van der Waals surface area contributed by atoms with Crippen molar-refractivity contribution in [2.24, 2.45) is 5.73 Å². The lowest BCUT2D eigenvalue weighted by molar-refractivity contribution is -0.00942. The van der Waals surface area contributed by atoms with E-state index < -0.39 is 42.1 Å². The van der Waals surface area contributed by atoms with Crippen molar-refractivity contribution >= 4 is 22.0 Å². The number of rotatable bonds is 2. The first-order chi connectivity index (χ1) is 10.9. The summed E-state index contributed by atoms with van der Waals surface area (Å²) in [4.78, 5) is 13.2. The molecule has 1 saturated heterocycles. The average molecular weight is 409 g/mol. The average Bonchev–Trinajstić information content (AvgIpc) is 2.66. The lowest BCUT2D eigenvalue weighted by Crippen LogP contribution is -2.48. The third kappa shape index (κ3) is 4.03. The zero-order valence-corrected chi connectivity index (χ0v) is 15.2. The van der Waals surface area contributed by atoms with Gasteiger partial charge in [-0.15, -0.1) is 0 Å². The van der Waals surface area contributed by atoms with Crippen LogP contribution in [0, 0.1) is 5.82 Å². The first-order valence-corrected chi connectivity index (χ1v) is 8.27. The molecule has 2 rings (SSSR count). The minimum atomic E-state index is -3.26. The van der Waals surface area contributed by atoms with E-state index in [-0.39, 0.29) is 16.5 Å². The summed E-state index contributed by atoms with van der Waals surface area (Å²) in [6.45, 7) is 4.08. The zero-order valence-electron chi connectivity index (χ0n) is 13.7. The molecular weight excluding hydrogens is 389 g/mol. The van der Waals surface area contributed by atoms with Gasteiger partial charge < -0.3 is 10.5 Å². The molecule has 0 bridgehead atoms. The Balaban J connectivity index is 2.29. The van der Waals surface area contributed by atoms with E-state index in [2.05, 4.69) is 15.9 Å². The van der Waals surface area contributed by atoms with E-state index in [0.29, 0.717) is 0 Å². The van der Waals surface area contributed by atoms with E-state index in [1.54, 1.807) is 26.8 Å². The number of amides is 1. The van der Waals surface area contributed by atoms with Crippen LogP contribution in [0.4, 0.5) is 18.0 Å². The highest BCUT2D eigenvalue weighted by Gasteiger charge is 2.55. The Labute approximate surface area is 147 Å². The Morgan fingerprint density at radius 1 is 1.46 bits per heavy atom. The smallest absolute Gasteiger partial charge is 0.410 e. The van der Waals surface area contributed by atoms with Gasteiger partial charge in [-0.05, 0) is 54.8 Å². The highest BCUT2D eigenvalue weighted by Crippen LogP contribution is 2.34. The SMILES string of the molecule is CC(C)(C)OC(=O)N1CC(F)(F)C(N)C1Cc1cccc(Br)c1F. The van der Waals surface area contributed by atoms with Crippen LogP contribution in [0.2, 0.25) is 0 Å². The Morgan fingerprint density at radius 2 is 2.08 bits per heavy atom. The van der Waals surface area contributed by atoms with E-state index >= 15 is 0 Å². The number of alkyl halides is 2. The van der Waals surface area contributed by atoms with Crippen LogP contribution in [0.1, 0.15) is 26.3 Å². The fourth-order valence-electron chi connectivity index (χ4n) is 2.61. The van der Waals surface area contributed by atoms with Crippen LogP contribution < -0.4 is 5.73 Å². The van der Waals surface area contributed by atoms with Crippen molar-refractivity contribution < 1.29 is 22.7 Å². The minimum Gasteiger partial charge on any atom is -0.444 e. The Morgan fingerprint density at radius 3 is 2.67 bits per heavy atom. The minimum absolute atomic E-state index is 0.124. The molecule has 1 aromatic carbocycles. The summed E-state index contributed by atoms with van der Waals surface area (Å²) in [5.41, 5.74) is 5.03. The number of nitrogens with zero attached hydrogens (tertiary/aromatic N) is 1. The molecule has 8 heteroatoms. The molecule has 2 unspecified atom stereocenters. The molecule has 4 nitrogen and oxygen atoms in total. The van der Waals surface area contributed by atoms with Crippen LogP contribution in [-0.2, 0) is 11.2 Å². The summed E-state index contributed by atoms with van der Waals surface area (Å²) in [7, 11) is 0. The molecule has 1 fully saturated rings. The number of hydrogen-bond acceptors (Lipinski definition) is 3. The quantitative estimate of drug-likeness (QED) is 0.811. The van der Waals surface area contributed by atoms with Crippen molar-refractivity contribution in [2.45, 2.75) is 50.8 Å². The Kier molecular flexibility index (Phi) is 5.20. The van der Waals surface area contributed by atoms with Gasteiger partial charge in [0.05, 0.1) is 23.1 Å². The highest BCUT2D eigenvalue weighted by molar-refractivity contribution is 9.10. The van der Waals surface area contributed by atoms with Crippen LogP contribution in [-0.4, -0.2) is 41.1 Å². The van der Waals surface area contributed by atoms with E-state index in [9.17, 15) is 18.0 Å². The normalized spacial score (nSPS) is 23.4. The van der Waals surface area contributed by atoms with Gasteiger partial charge in [0.25, 0.3) is 5.92 Å². The van der Waals surface area contributed by atoms with Gasteiger partial charge in [-0.1, -0.05) is 12.1 Å². The van der Waals surface area contributed by atoms with Gasteiger partial charge >= 0.3 is 6.09 Å². The van der Waals surface area contributed by atoms with Crippen molar-refractivity contribution in [3.8, 4) is 0 Å². The first-order valence-electron chi connectivity index (χ1n) is 7.48. The lowest BCUT2D eigenvalue weighted by Gasteiger charge is -2.29. The van der Waals surface area contributed by atoms with Gasteiger partial charge in [0.2, 0.25) is 0 Å². The van der Waals surface area contributed by atoms with Crippen LogP contribution in [0.15, 0.2) is 22.7 Å². The molecule has 1 amide bonds. The summed E-state index contributed by atoms with van der Waals surface area (Å²) >= 11 is 3.06. The van der Waals surface area contributed by atoms with E-state index in [4.69, 9.17) is 10.5 Å². The maximum Gasteiger partial charge on any atom is 0.410 e. The number of halogens is 4. The van der Waals surface area contributed by atoms with E-state index in [1.165, 1.54) is 12.1 Å². The second-order valence-electron chi connectivity index (χ2n) is 6.88. The third-order valence-corrected chi connectivity index (χ3v) is 4.38. The van der Waals surface area contributed by atoms with E-state index in [0.717, 1.165) is 4.90 Å². The van der Waals surface area contributed by atoms with E-state index in [1.807, 2.05) is 0 Å². The summed E-state index contributed by atoms with van der Waals surface area (Å²) in [6.07, 6.45) is -1.00. The van der Waals surface area contributed by atoms with Gasteiger partial charge in [-0.2, -0.15) is 0 Å². The predicted molar refractivity (Wildman–Crippen MR) is 87.5 cm³/mol. The lowest BCUT2D eigenvalue weighted by atomic mass is 9.99. The maximum atomic E-state index is 14.2. The number of likely N-dealkylation sites (tertiary alicyclic amines) is 1. The van der Waals surface area contributed by atoms with Gasteiger partial charge in [-0.25, -0.2) is 18.0 Å². The highest BCUT2D eigenvalue weighted by atomic mass is 79.9. The van der Waals surface area contributed by atoms with Crippen molar-refractivity contribution in [2.75, 3.05) is 6.54 Å². The second-order valence-corrected chi connectivity index (χ2v) is 7.73.